The van der Waals surface area contributed by atoms with Crippen molar-refractivity contribution in [2.75, 3.05) is 6.54 Å². The van der Waals surface area contributed by atoms with Gasteiger partial charge >= 0.3 is 0 Å². The van der Waals surface area contributed by atoms with E-state index < -0.39 is 4.92 Å². The van der Waals surface area contributed by atoms with Gasteiger partial charge in [-0.15, -0.1) is 0 Å². The van der Waals surface area contributed by atoms with Gasteiger partial charge in [-0.25, -0.2) is 0 Å². The van der Waals surface area contributed by atoms with Crippen LogP contribution in [0.4, 0.5) is 5.69 Å². The van der Waals surface area contributed by atoms with Gasteiger partial charge in [-0.2, -0.15) is 4.98 Å². The minimum atomic E-state index is -0.445. The van der Waals surface area contributed by atoms with Crippen molar-refractivity contribution in [1.29, 1.82) is 0 Å². The Morgan fingerprint density at radius 3 is 2.54 bits per heavy atom. The van der Waals surface area contributed by atoms with Crippen molar-refractivity contribution in [3.05, 3.63) is 75.1 Å². The van der Waals surface area contributed by atoms with Crippen LogP contribution in [0.5, 0.6) is 0 Å². The van der Waals surface area contributed by atoms with E-state index in [4.69, 9.17) is 16.1 Å². The number of nitrogens with zero attached hydrogens (tertiary/aromatic N) is 4. The summed E-state index contributed by atoms with van der Waals surface area (Å²) in [5.41, 5.74) is 1.72. The van der Waals surface area contributed by atoms with Crippen LogP contribution >= 0.6 is 11.6 Å². The van der Waals surface area contributed by atoms with Gasteiger partial charge in [0, 0.05) is 29.3 Å². The van der Waals surface area contributed by atoms with E-state index in [0.29, 0.717) is 30.4 Å². The summed E-state index contributed by atoms with van der Waals surface area (Å²) in [6, 6.07) is 13.8. The Morgan fingerprint density at radius 2 is 1.88 bits per heavy atom. The molecule has 0 spiro atoms. The standard InChI is InChI=1S/C18H17ClN4O3/c1-2-22(11-14-5-3-4-6-16(14)19)12-17-20-18(21-26-17)13-7-9-15(10-8-13)23(24)25/h3-10H,2,11-12H2,1H3. The van der Waals surface area contributed by atoms with Crippen LogP contribution in [0.1, 0.15) is 18.4 Å². The summed E-state index contributed by atoms with van der Waals surface area (Å²) in [6.45, 7) is 4.00. The molecule has 0 aliphatic rings. The smallest absolute Gasteiger partial charge is 0.269 e. The number of nitro groups is 1. The summed E-state index contributed by atoms with van der Waals surface area (Å²) in [5, 5.41) is 15.4. The first-order valence-corrected chi connectivity index (χ1v) is 8.47. The molecule has 0 saturated carbocycles. The largest absolute Gasteiger partial charge is 0.338 e. The van der Waals surface area contributed by atoms with Gasteiger partial charge in [-0.05, 0) is 30.3 Å². The van der Waals surface area contributed by atoms with Crippen LogP contribution in [0.2, 0.25) is 5.02 Å². The fourth-order valence-electron chi connectivity index (χ4n) is 2.51. The van der Waals surface area contributed by atoms with Gasteiger partial charge in [0.15, 0.2) is 0 Å². The van der Waals surface area contributed by atoms with E-state index in [1.807, 2.05) is 31.2 Å². The van der Waals surface area contributed by atoms with Crippen molar-refractivity contribution in [3.63, 3.8) is 0 Å². The quantitative estimate of drug-likeness (QED) is 0.453. The van der Waals surface area contributed by atoms with Crippen LogP contribution in [0.15, 0.2) is 53.1 Å². The van der Waals surface area contributed by atoms with Crippen molar-refractivity contribution in [2.24, 2.45) is 0 Å². The van der Waals surface area contributed by atoms with E-state index in [9.17, 15) is 10.1 Å². The summed E-state index contributed by atoms with van der Waals surface area (Å²) in [5.74, 6) is 0.885. The second-order valence-corrected chi connectivity index (χ2v) is 6.12. The lowest BCUT2D eigenvalue weighted by Gasteiger charge is -2.18. The maximum Gasteiger partial charge on any atom is 0.269 e. The molecule has 0 radical (unpaired) electrons. The first-order valence-electron chi connectivity index (χ1n) is 8.10. The lowest BCUT2D eigenvalue weighted by Crippen LogP contribution is -2.22. The van der Waals surface area contributed by atoms with Gasteiger partial charge in [-0.3, -0.25) is 15.0 Å². The van der Waals surface area contributed by atoms with E-state index in [1.165, 1.54) is 12.1 Å². The van der Waals surface area contributed by atoms with Crippen molar-refractivity contribution in [2.45, 2.75) is 20.0 Å². The predicted molar refractivity (Wildman–Crippen MR) is 97.6 cm³/mol. The van der Waals surface area contributed by atoms with Crippen molar-refractivity contribution in [1.82, 2.24) is 15.0 Å². The normalized spacial score (nSPS) is 11.0. The van der Waals surface area contributed by atoms with E-state index in [-0.39, 0.29) is 5.69 Å². The number of hydrogen-bond donors (Lipinski definition) is 0. The van der Waals surface area contributed by atoms with Crippen LogP contribution in [0.25, 0.3) is 11.4 Å². The molecule has 0 bridgehead atoms. The topological polar surface area (TPSA) is 85.3 Å². The Bertz CT molecular complexity index is 895. The molecule has 2 aromatic carbocycles. The fourth-order valence-corrected chi connectivity index (χ4v) is 2.70. The van der Waals surface area contributed by atoms with Gasteiger partial charge < -0.3 is 4.52 Å². The highest BCUT2D eigenvalue weighted by Crippen LogP contribution is 2.21. The number of hydrogen-bond acceptors (Lipinski definition) is 6. The molecule has 0 aliphatic heterocycles. The maximum atomic E-state index is 10.7. The molecular formula is C18H17ClN4O3. The van der Waals surface area contributed by atoms with Gasteiger partial charge in [0.2, 0.25) is 11.7 Å². The first-order chi connectivity index (χ1) is 12.6. The lowest BCUT2D eigenvalue weighted by atomic mass is 10.2. The zero-order valence-corrected chi connectivity index (χ0v) is 14.9. The molecule has 0 fully saturated rings. The molecule has 0 unspecified atom stereocenters. The van der Waals surface area contributed by atoms with Crippen LogP contribution in [0.3, 0.4) is 0 Å². The van der Waals surface area contributed by atoms with Gasteiger partial charge in [0.1, 0.15) is 0 Å². The van der Waals surface area contributed by atoms with Crippen LogP contribution < -0.4 is 0 Å². The predicted octanol–water partition coefficient (Wildman–Crippen LogP) is 4.32. The molecule has 7 nitrogen and oxygen atoms in total. The van der Waals surface area contributed by atoms with Crippen molar-refractivity contribution in [3.8, 4) is 11.4 Å². The van der Waals surface area contributed by atoms with Gasteiger partial charge in [0.25, 0.3) is 5.69 Å². The summed E-state index contributed by atoms with van der Waals surface area (Å²) >= 11 is 6.22. The molecule has 0 N–H and O–H groups in total. The average molecular weight is 373 g/mol. The minimum Gasteiger partial charge on any atom is -0.338 e. The number of nitro benzene ring substituents is 1. The van der Waals surface area contributed by atoms with Crippen LogP contribution in [-0.4, -0.2) is 26.5 Å². The first kappa shape index (κ1) is 18.0. The monoisotopic (exact) mass is 372 g/mol. The Balaban J connectivity index is 1.70. The van der Waals surface area contributed by atoms with Crippen molar-refractivity contribution < 1.29 is 9.45 Å². The Morgan fingerprint density at radius 1 is 1.15 bits per heavy atom. The Hall–Kier alpha value is -2.77. The van der Waals surface area contributed by atoms with E-state index in [1.54, 1.807) is 12.1 Å². The highest BCUT2D eigenvalue weighted by atomic mass is 35.5. The zero-order chi connectivity index (χ0) is 18.5. The van der Waals surface area contributed by atoms with Crippen LogP contribution in [0, 0.1) is 10.1 Å². The van der Waals surface area contributed by atoms with E-state index >= 15 is 0 Å². The molecule has 134 valence electrons. The molecular weight excluding hydrogens is 356 g/mol. The van der Waals surface area contributed by atoms with E-state index in [2.05, 4.69) is 15.0 Å². The number of aromatic nitrogens is 2. The summed E-state index contributed by atoms with van der Waals surface area (Å²) in [7, 11) is 0. The third kappa shape index (κ3) is 4.25. The molecule has 26 heavy (non-hydrogen) atoms. The van der Waals surface area contributed by atoms with Crippen molar-refractivity contribution >= 4 is 17.3 Å². The molecule has 3 rings (SSSR count). The molecule has 0 atom stereocenters. The number of rotatable bonds is 7. The molecule has 8 heteroatoms. The number of benzene rings is 2. The summed E-state index contributed by atoms with van der Waals surface area (Å²) in [4.78, 5) is 16.8. The van der Waals surface area contributed by atoms with Gasteiger partial charge in [-0.1, -0.05) is 41.9 Å². The molecule has 1 heterocycles. The lowest BCUT2D eigenvalue weighted by molar-refractivity contribution is -0.384. The average Bonchev–Trinajstić information content (AvgIpc) is 3.11. The summed E-state index contributed by atoms with van der Waals surface area (Å²) in [6.07, 6.45) is 0. The minimum absolute atomic E-state index is 0.0226. The SMILES string of the molecule is CCN(Cc1nc(-c2ccc([N+](=O)[O-])cc2)no1)Cc1ccccc1Cl. The van der Waals surface area contributed by atoms with E-state index in [0.717, 1.165) is 17.1 Å². The maximum absolute atomic E-state index is 10.7. The second-order valence-electron chi connectivity index (χ2n) is 5.71. The van der Waals surface area contributed by atoms with Crippen LogP contribution in [-0.2, 0) is 13.1 Å². The molecule has 1 aromatic heterocycles. The molecule has 0 aliphatic carbocycles. The highest BCUT2D eigenvalue weighted by molar-refractivity contribution is 6.31. The second kappa shape index (κ2) is 8.07. The Kier molecular flexibility index (Phi) is 5.60. The zero-order valence-electron chi connectivity index (χ0n) is 14.1. The Labute approximate surface area is 155 Å². The number of halogens is 1. The molecule has 0 amide bonds. The highest BCUT2D eigenvalue weighted by Gasteiger charge is 2.14. The van der Waals surface area contributed by atoms with Gasteiger partial charge in [0.05, 0.1) is 11.5 Å². The third-order valence-electron chi connectivity index (χ3n) is 3.96. The third-order valence-corrected chi connectivity index (χ3v) is 4.33. The molecule has 0 saturated heterocycles. The summed E-state index contributed by atoms with van der Waals surface area (Å²) < 4.78 is 5.33. The molecule has 3 aromatic rings. The number of non-ortho nitro benzene ring substituents is 1. The fraction of sp³-hybridized carbons (Fsp3) is 0.222.